The third kappa shape index (κ3) is 8.87. The summed E-state index contributed by atoms with van der Waals surface area (Å²) in [4.78, 5) is 11.3. The summed E-state index contributed by atoms with van der Waals surface area (Å²) in [6.07, 6.45) is 2.15. The Morgan fingerprint density at radius 3 is 1.63 bits per heavy atom. The number of carbonyl (C=O) groups excluding carboxylic acids is 1. The second-order valence-electron chi connectivity index (χ2n) is 10.7. The van der Waals surface area contributed by atoms with E-state index < -0.39 is 25.2 Å². The minimum atomic E-state index is -2.39. The SMILES string of the molecule is C=CC(=O)COCCC[Si](C)(O[Si](C)(C)C(C)(C)C)O[Si](C)(C)C(C)(C)C. The monoisotopic (exact) mass is 432 g/mol. The molecule has 0 amide bonds. The van der Waals surface area contributed by atoms with E-state index in [1.54, 1.807) is 0 Å². The molecule has 0 aromatic rings. The number of ether oxygens (including phenoxy) is 1. The minimum Gasteiger partial charge on any atom is -0.436 e. The van der Waals surface area contributed by atoms with Crippen LogP contribution in [0.1, 0.15) is 48.0 Å². The second-order valence-corrected chi connectivity index (χ2v) is 24.1. The third-order valence-corrected chi connectivity index (χ3v) is 22.0. The van der Waals surface area contributed by atoms with Gasteiger partial charge in [0.2, 0.25) is 0 Å². The van der Waals surface area contributed by atoms with Crippen molar-refractivity contribution >= 4 is 31.0 Å². The molecule has 4 nitrogen and oxygen atoms in total. The van der Waals surface area contributed by atoms with Gasteiger partial charge in [0.15, 0.2) is 22.4 Å². The third-order valence-electron chi connectivity index (χ3n) is 5.95. The molecule has 0 bridgehead atoms. The minimum absolute atomic E-state index is 0.0787. The van der Waals surface area contributed by atoms with Crippen LogP contribution in [0.2, 0.25) is 48.9 Å². The Morgan fingerprint density at radius 2 is 1.30 bits per heavy atom. The molecule has 0 aliphatic rings. The Balaban J connectivity index is 5.26. The maximum Gasteiger partial charge on any atom is 0.314 e. The average molecular weight is 433 g/mol. The van der Waals surface area contributed by atoms with Gasteiger partial charge in [-0.2, -0.15) is 0 Å². The Morgan fingerprint density at radius 1 is 0.889 bits per heavy atom. The summed E-state index contributed by atoms with van der Waals surface area (Å²) < 4.78 is 19.3. The number of rotatable bonds is 11. The molecule has 0 atom stereocenters. The first kappa shape index (κ1) is 26.9. The molecular formula is C20H44O4Si3. The van der Waals surface area contributed by atoms with Gasteiger partial charge in [0, 0.05) is 6.61 Å². The lowest BCUT2D eigenvalue weighted by molar-refractivity contribution is -0.118. The van der Waals surface area contributed by atoms with E-state index in [1.807, 2.05) is 0 Å². The lowest BCUT2D eigenvalue weighted by Crippen LogP contribution is -2.58. The first-order valence-electron chi connectivity index (χ1n) is 10.0. The molecule has 0 aromatic carbocycles. The standard InChI is InChI=1S/C20H44O4Si3/c1-13-18(21)17-22-15-14-16-27(12,23-25(8,9)19(2,3)4)24-26(10,11)20(5,6)7/h13H,1,14-17H2,2-12H3. The Bertz CT molecular complexity index is 474. The lowest BCUT2D eigenvalue weighted by atomic mass is 10.2. The fourth-order valence-corrected chi connectivity index (χ4v) is 15.5. The van der Waals surface area contributed by atoms with Crippen molar-refractivity contribution < 1.29 is 17.8 Å². The predicted octanol–water partition coefficient (Wildman–Crippen LogP) is 6.26. The molecule has 0 aliphatic heterocycles. The maximum absolute atomic E-state index is 11.3. The van der Waals surface area contributed by atoms with Gasteiger partial charge in [-0.3, -0.25) is 4.79 Å². The molecule has 0 fully saturated rings. The Labute approximate surface area is 171 Å². The van der Waals surface area contributed by atoms with Crippen LogP contribution in [-0.2, 0) is 17.8 Å². The zero-order valence-electron chi connectivity index (χ0n) is 19.7. The highest BCUT2D eigenvalue weighted by atomic mass is 28.5. The largest absolute Gasteiger partial charge is 0.436 e. The van der Waals surface area contributed by atoms with Crippen LogP contribution in [0.15, 0.2) is 12.7 Å². The van der Waals surface area contributed by atoms with Crippen LogP contribution in [0.25, 0.3) is 0 Å². The van der Waals surface area contributed by atoms with E-state index in [4.69, 9.17) is 13.0 Å². The van der Waals surface area contributed by atoms with Gasteiger partial charge in [0.05, 0.1) is 0 Å². The first-order chi connectivity index (χ1) is 11.9. The summed E-state index contributed by atoms with van der Waals surface area (Å²) in [5.74, 6) is -0.0787. The van der Waals surface area contributed by atoms with Crippen LogP contribution in [0.4, 0.5) is 0 Å². The zero-order valence-corrected chi connectivity index (χ0v) is 22.7. The van der Waals surface area contributed by atoms with Gasteiger partial charge in [-0.05, 0) is 61.4 Å². The van der Waals surface area contributed by atoms with E-state index in [9.17, 15) is 4.79 Å². The number of hydrogen-bond donors (Lipinski definition) is 0. The summed E-state index contributed by atoms with van der Waals surface area (Å²) in [7, 11) is -6.27. The van der Waals surface area contributed by atoms with E-state index in [2.05, 4.69) is 80.9 Å². The molecule has 27 heavy (non-hydrogen) atoms. The van der Waals surface area contributed by atoms with Gasteiger partial charge in [-0.15, -0.1) is 0 Å². The van der Waals surface area contributed by atoms with Gasteiger partial charge < -0.3 is 13.0 Å². The molecule has 0 radical (unpaired) electrons. The fourth-order valence-electron chi connectivity index (χ4n) is 2.24. The van der Waals surface area contributed by atoms with Crippen LogP contribution < -0.4 is 0 Å². The van der Waals surface area contributed by atoms with Crippen LogP contribution >= 0.6 is 0 Å². The van der Waals surface area contributed by atoms with Crippen molar-refractivity contribution in [3.05, 3.63) is 12.7 Å². The summed E-state index contributed by atoms with van der Waals surface area (Å²) in [5, 5.41) is 0.288. The number of hydrogen-bond acceptors (Lipinski definition) is 4. The van der Waals surface area contributed by atoms with E-state index in [1.165, 1.54) is 6.08 Å². The van der Waals surface area contributed by atoms with Crippen molar-refractivity contribution in [3.63, 3.8) is 0 Å². The quantitative estimate of drug-likeness (QED) is 0.219. The number of ketones is 1. The second kappa shape index (κ2) is 9.63. The van der Waals surface area contributed by atoms with E-state index in [0.29, 0.717) is 6.61 Å². The fraction of sp³-hybridized carbons (Fsp3) is 0.850. The zero-order chi connectivity index (χ0) is 21.7. The van der Waals surface area contributed by atoms with Crippen molar-refractivity contribution in [2.75, 3.05) is 13.2 Å². The molecule has 0 saturated heterocycles. The highest BCUT2D eigenvalue weighted by molar-refractivity contribution is 6.89. The predicted molar refractivity (Wildman–Crippen MR) is 124 cm³/mol. The van der Waals surface area contributed by atoms with E-state index in [0.717, 1.165) is 12.5 Å². The molecule has 0 saturated carbocycles. The first-order valence-corrected chi connectivity index (χ1v) is 18.3. The molecule has 0 heterocycles. The summed E-state index contributed by atoms with van der Waals surface area (Å²) in [6.45, 7) is 29.1. The molecule has 7 heteroatoms. The molecule has 160 valence electrons. The molecule has 0 aliphatic carbocycles. The molecular weight excluding hydrogens is 388 g/mol. The van der Waals surface area contributed by atoms with Gasteiger partial charge in [-0.25, -0.2) is 0 Å². The van der Waals surface area contributed by atoms with Crippen molar-refractivity contribution in [3.8, 4) is 0 Å². The van der Waals surface area contributed by atoms with Crippen molar-refractivity contribution in [2.24, 2.45) is 0 Å². The van der Waals surface area contributed by atoms with Gasteiger partial charge in [0.1, 0.15) is 6.61 Å². The molecule has 0 aromatic heterocycles. The summed E-state index contributed by atoms with van der Waals surface area (Å²) in [5.41, 5.74) is 0. The normalized spacial score (nSPS) is 14.3. The molecule has 0 spiro atoms. The van der Waals surface area contributed by atoms with Gasteiger partial charge >= 0.3 is 8.56 Å². The number of carbonyl (C=O) groups is 1. The van der Waals surface area contributed by atoms with Crippen LogP contribution in [0.5, 0.6) is 0 Å². The van der Waals surface area contributed by atoms with Crippen molar-refractivity contribution in [2.45, 2.75) is 96.8 Å². The van der Waals surface area contributed by atoms with Crippen molar-refractivity contribution in [1.29, 1.82) is 0 Å². The van der Waals surface area contributed by atoms with Crippen LogP contribution in [0.3, 0.4) is 0 Å². The highest BCUT2D eigenvalue weighted by Crippen LogP contribution is 2.43. The van der Waals surface area contributed by atoms with Gasteiger partial charge in [0.25, 0.3) is 0 Å². The smallest absolute Gasteiger partial charge is 0.314 e. The van der Waals surface area contributed by atoms with Crippen LogP contribution in [0, 0.1) is 0 Å². The summed E-state index contributed by atoms with van der Waals surface area (Å²) in [6, 6.07) is 0.883. The molecule has 0 rings (SSSR count). The van der Waals surface area contributed by atoms with Gasteiger partial charge in [-0.1, -0.05) is 48.1 Å². The van der Waals surface area contributed by atoms with Crippen LogP contribution in [-0.4, -0.2) is 44.2 Å². The molecule has 0 N–H and O–H groups in total. The topological polar surface area (TPSA) is 44.8 Å². The molecule has 0 unspecified atom stereocenters. The summed E-state index contributed by atoms with van der Waals surface area (Å²) >= 11 is 0. The average Bonchev–Trinajstić information content (AvgIpc) is 2.42. The van der Waals surface area contributed by atoms with E-state index >= 15 is 0 Å². The van der Waals surface area contributed by atoms with Crippen molar-refractivity contribution in [1.82, 2.24) is 0 Å². The Hall–Kier alpha value is -0.0594. The Kier molecular flexibility index (Phi) is 9.61. The maximum atomic E-state index is 11.3. The van der Waals surface area contributed by atoms with E-state index in [-0.39, 0.29) is 22.5 Å². The highest BCUT2D eigenvalue weighted by Gasteiger charge is 2.49. The lowest BCUT2D eigenvalue weighted by Gasteiger charge is -2.48.